The molecule has 1 heterocycles. The summed E-state index contributed by atoms with van der Waals surface area (Å²) in [5.41, 5.74) is 5.77. The second kappa shape index (κ2) is 5.93. The summed E-state index contributed by atoms with van der Waals surface area (Å²) >= 11 is 0. The van der Waals surface area contributed by atoms with E-state index in [9.17, 15) is 22.8 Å². The summed E-state index contributed by atoms with van der Waals surface area (Å²) in [6.45, 7) is 0. The number of nitrogens with zero attached hydrogens (tertiary/aromatic N) is 2. The van der Waals surface area contributed by atoms with Gasteiger partial charge >= 0.3 is 17.7 Å². The molecule has 0 unspecified atom stereocenters. The van der Waals surface area contributed by atoms with Crippen molar-refractivity contribution in [2.75, 3.05) is 5.73 Å². The number of fused-ring (bicyclic) bond motifs is 1. The summed E-state index contributed by atoms with van der Waals surface area (Å²) in [6.07, 6.45) is -5.26. The normalized spacial score (nSPS) is 11.5. The second-order valence-corrected chi connectivity index (χ2v) is 5.07. The van der Waals surface area contributed by atoms with E-state index < -0.39 is 17.7 Å². The van der Waals surface area contributed by atoms with Crippen LogP contribution in [-0.2, 0) is 4.79 Å². The van der Waals surface area contributed by atoms with Crippen LogP contribution in [0.2, 0.25) is 0 Å². The number of nitrogen functional groups attached to an aromatic ring is 1. The van der Waals surface area contributed by atoms with Gasteiger partial charge in [-0.3, -0.25) is 4.79 Å². The molecule has 0 aliphatic rings. The highest BCUT2D eigenvalue weighted by Gasteiger charge is 2.42. The van der Waals surface area contributed by atoms with Crippen molar-refractivity contribution in [3.8, 4) is 11.3 Å². The lowest BCUT2D eigenvalue weighted by molar-refractivity contribution is -0.201. The number of alkyl halides is 3. The summed E-state index contributed by atoms with van der Waals surface area (Å²) in [7, 11) is 0. The highest BCUT2D eigenvalue weighted by atomic mass is 19.4. The summed E-state index contributed by atoms with van der Waals surface area (Å²) in [5, 5.41) is 4.23. The molecule has 0 fully saturated rings. The molecule has 6 nitrogen and oxygen atoms in total. The molecule has 0 aliphatic heterocycles. The average Bonchev–Trinajstić information content (AvgIpc) is 2.57. The first-order valence-electron chi connectivity index (χ1n) is 6.95. The quantitative estimate of drug-likeness (QED) is 0.717. The first-order valence-corrected chi connectivity index (χ1v) is 6.95. The molecule has 0 saturated carbocycles. The number of anilines is 1. The van der Waals surface area contributed by atoms with Crippen molar-refractivity contribution in [2.24, 2.45) is 0 Å². The lowest BCUT2D eigenvalue weighted by Crippen LogP contribution is -2.39. The summed E-state index contributed by atoms with van der Waals surface area (Å²) < 4.78 is 37.3. The van der Waals surface area contributed by atoms with Crippen LogP contribution in [0.3, 0.4) is 0 Å². The van der Waals surface area contributed by atoms with Gasteiger partial charge in [-0.1, -0.05) is 30.3 Å². The van der Waals surface area contributed by atoms with E-state index in [0.29, 0.717) is 16.6 Å². The Morgan fingerprint density at radius 1 is 1.04 bits per heavy atom. The molecule has 0 saturated heterocycles. The first kappa shape index (κ1) is 16.5. The number of benzene rings is 2. The summed E-state index contributed by atoms with van der Waals surface area (Å²) in [6, 6.07) is 12.5. The Labute approximate surface area is 138 Å². The van der Waals surface area contributed by atoms with Gasteiger partial charge in [0.25, 0.3) is 0 Å². The molecule has 0 bridgehead atoms. The number of hydrogen-bond acceptors (Lipinski definition) is 5. The van der Waals surface area contributed by atoms with Crippen molar-refractivity contribution in [3.05, 3.63) is 58.9 Å². The maximum atomic E-state index is 12.4. The van der Waals surface area contributed by atoms with Crippen LogP contribution >= 0.6 is 0 Å². The minimum atomic E-state index is -5.26. The summed E-state index contributed by atoms with van der Waals surface area (Å²) in [5.74, 6) is -2.54. The lowest BCUT2D eigenvalue weighted by Gasteiger charge is -2.11. The maximum Gasteiger partial charge on any atom is 0.493 e. The Hall–Kier alpha value is -3.36. The predicted molar refractivity (Wildman–Crippen MR) is 83.5 cm³/mol. The van der Waals surface area contributed by atoms with Crippen LogP contribution in [0.1, 0.15) is 0 Å². The van der Waals surface area contributed by atoms with Gasteiger partial charge in [0.2, 0.25) is 0 Å². The molecule has 0 atom stereocenters. The Kier molecular flexibility index (Phi) is 3.91. The van der Waals surface area contributed by atoms with Gasteiger partial charge in [-0.05, 0) is 23.0 Å². The van der Waals surface area contributed by atoms with E-state index in [0.717, 1.165) is 0 Å². The van der Waals surface area contributed by atoms with Crippen molar-refractivity contribution in [1.29, 1.82) is 0 Å². The number of hydrogen-bond donors (Lipinski definition) is 1. The largest absolute Gasteiger partial charge is 0.493 e. The van der Waals surface area contributed by atoms with Gasteiger partial charge < -0.3 is 10.6 Å². The highest BCUT2D eigenvalue weighted by molar-refractivity contribution is 5.93. The molecule has 2 aromatic carbocycles. The smallest absolute Gasteiger partial charge is 0.399 e. The Balaban J connectivity index is 2.22. The second-order valence-electron chi connectivity index (χ2n) is 5.07. The van der Waals surface area contributed by atoms with Crippen LogP contribution in [0.5, 0.6) is 0 Å². The molecule has 1 aromatic heterocycles. The third-order valence-electron chi connectivity index (χ3n) is 3.36. The van der Waals surface area contributed by atoms with Gasteiger partial charge in [-0.2, -0.15) is 13.2 Å². The molecular weight excluding hydrogens is 339 g/mol. The molecule has 128 valence electrons. The number of nitrogens with two attached hydrogens (primary N) is 1. The van der Waals surface area contributed by atoms with E-state index >= 15 is 0 Å². The lowest BCUT2D eigenvalue weighted by atomic mass is 10.0. The third-order valence-corrected chi connectivity index (χ3v) is 3.36. The molecule has 3 aromatic rings. The molecular formula is C16H10F3N3O3. The molecule has 9 heteroatoms. The van der Waals surface area contributed by atoms with Crippen molar-refractivity contribution < 1.29 is 22.8 Å². The van der Waals surface area contributed by atoms with E-state index in [1.807, 2.05) is 0 Å². The fraction of sp³-hybridized carbons (Fsp3) is 0.0625. The van der Waals surface area contributed by atoms with Crippen molar-refractivity contribution in [1.82, 2.24) is 9.94 Å². The Morgan fingerprint density at radius 2 is 1.64 bits per heavy atom. The maximum absolute atomic E-state index is 12.4. The fourth-order valence-electron chi connectivity index (χ4n) is 2.22. The van der Waals surface area contributed by atoms with E-state index in [1.165, 1.54) is 12.1 Å². The van der Waals surface area contributed by atoms with Crippen LogP contribution in [0.4, 0.5) is 18.9 Å². The summed E-state index contributed by atoms with van der Waals surface area (Å²) in [4.78, 5) is 27.5. The number of carbonyl (C=O) groups excluding carboxylic acids is 1. The van der Waals surface area contributed by atoms with Crippen LogP contribution in [0.25, 0.3) is 22.0 Å². The SMILES string of the molecule is Nc1ccc(-c2nn(OC(=O)C(F)(F)F)c(=O)c3ccccc23)cc1. The molecule has 25 heavy (non-hydrogen) atoms. The van der Waals surface area contributed by atoms with Gasteiger partial charge in [0, 0.05) is 16.6 Å². The fourth-order valence-corrected chi connectivity index (χ4v) is 2.22. The zero-order chi connectivity index (χ0) is 18.2. The van der Waals surface area contributed by atoms with Crippen LogP contribution < -0.4 is 16.1 Å². The molecule has 2 N–H and O–H groups in total. The molecule has 3 rings (SSSR count). The number of aromatic nitrogens is 2. The first-order chi connectivity index (χ1) is 11.8. The van der Waals surface area contributed by atoms with Crippen LogP contribution in [-0.4, -0.2) is 22.1 Å². The Morgan fingerprint density at radius 3 is 2.24 bits per heavy atom. The monoisotopic (exact) mass is 349 g/mol. The van der Waals surface area contributed by atoms with E-state index in [1.54, 1.807) is 36.4 Å². The van der Waals surface area contributed by atoms with Crippen molar-refractivity contribution in [3.63, 3.8) is 0 Å². The predicted octanol–water partition coefficient (Wildman–Crippen LogP) is 2.16. The zero-order valence-electron chi connectivity index (χ0n) is 12.4. The minimum absolute atomic E-state index is 0.0455. The van der Waals surface area contributed by atoms with Crippen LogP contribution in [0, 0.1) is 0 Å². The molecule has 0 aliphatic carbocycles. The van der Waals surface area contributed by atoms with Crippen LogP contribution in [0.15, 0.2) is 53.3 Å². The highest BCUT2D eigenvalue weighted by Crippen LogP contribution is 2.25. The molecule has 0 radical (unpaired) electrons. The topological polar surface area (TPSA) is 87.2 Å². The van der Waals surface area contributed by atoms with Crippen molar-refractivity contribution >= 4 is 22.4 Å². The van der Waals surface area contributed by atoms with Gasteiger partial charge in [0.1, 0.15) is 5.69 Å². The molecule has 0 amide bonds. The number of carbonyl (C=O) groups is 1. The van der Waals surface area contributed by atoms with E-state index in [-0.39, 0.29) is 15.9 Å². The molecule has 0 spiro atoms. The van der Waals surface area contributed by atoms with Gasteiger partial charge in [0.05, 0.1) is 5.39 Å². The van der Waals surface area contributed by atoms with Gasteiger partial charge in [0.15, 0.2) is 0 Å². The van der Waals surface area contributed by atoms with E-state index in [4.69, 9.17) is 5.73 Å². The number of halogens is 3. The standard InChI is InChI=1S/C16H10F3N3O3/c17-16(18,19)15(24)25-22-14(23)12-4-2-1-3-11(12)13(21-22)9-5-7-10(20)8-6-9/h1-8H,20H2. The van der Waals surface area contributed by atoms with E-state index in [2.05, 4.69) is 9.94 Å². The Bertz CT molecular complexity index is 1010. The average molecular weight is 349 g/mol. The van der Waals surface area contributed by atoms with Gasteiger partial charge in [-0.15, -0.1) is 5.10 Å². The van der Waals surface area contributed by atoms with Crippen molar-refractivity contribution in [2.45, 2.75) is 6.18 Å². The zero-order valence-corrected chi connectivity index (χ0v) is 12.4. The van der Waals surface area contributed by atoms with Gasteiger partial charge in [-0.25, -0.2) is 4.79 Å². The minimum Gasteiger partial charge on any atom is -0.399 e. The number of rotatable bonds is 2. The third kappa shape index (κ3) is 3.16.